The number of aromatic carboxylic acids is 2. The van der Waals surface area contributed by atoms with Crippen molar-refractivity contribution in [2.75, 3.05) is 0 Å². The normalized spacial score (nSPS) is 10.7. The SMILES string of the molecule is NC(=O)c1c(Cc2ccccc2)c(C(=O)O)c(Cc2ccccc2)c(C(=O)O)c1Cc1ccccc1. The first-order valence-corrected chi connectivity index (χ1v) is 11.5. The second-order valence-corrected chi connectivity index (χ2v) is 8.52. The molecule has 1 amide bonds. The van der Waals surface area contributed by atoms with Gasteiger partial charge in [-0.15, -0.1) is 0 Å². The molecule has 4 aromatic rings. The fourth-order valence-corrected chi connectivity index (χ4v) is 4.67. The smallest absolute Gasteiger partial charge is 0.336 e. The van der Waals surface area contributed by atoms with E-state index in [4.69, 9.17) is 5.73 Å². The first-order chi connectivity index (χ1) is 17.4. The van der Waals surface area contributed by atoms with Crippen molar-refractivity contribution in [3.8, 4) is 0 Å². The lowest BCUT2D eigenvalue weighted by Crippen LogP contribution is -2.25. The minimum atomic E-state index is -1.30. The van der Waals surface area contributed by atoms with Gasteiger partial charge < -0.3 is 15.9 Å². The van der Waals surface area contributed by atoms with Gasteiger partial charge in [0.15, 0.2) is 0 Å². The van der Waals surface area contributed by atoms with E-state index in [2.05, 4.69) is 0 Å². The molecule has 0 atom stereocenters. The number of rotatable bonds is 9. The third-order valence-electron chi connectivity index (χ3n) is 6.16. The quantitative estimate of drug-likeness (QED) is 0.314. The van der Waals surface area contributed by atoms with E-state index in [1.54, 1.807) is 0 Å². The van der Waals surface area contributed by atoms with Gasteiger partial charge in [-0.05, 0) is 52.6 Å². The molecule has 4 rings (SSSR count). The van der Waals surface area contributed by atoms with E-state index in [0.717, 1.165) is 16.7 Å². The lowest BCUT2D eigenvalue weighted by molar-refractivity contribution is 0.0694. The molecule has 0 aromatic heterocycles. The Bertz CT molecular complexity index is 1220. The lowest BCUT2D eigenvalue weighted by atomic mass is 9.80. The Kier molecular flexibility index (Phi) is 7.25. The van der Waals surface area contributed by atoms with E-state index < -0.39 is 17.8 Å². The highest BCUT2D eigenvalue weighted by Gasteiger charge is 2.32. The molecule has 6 nitrogen and oxygen atoms in total. The minimum Gasteiger partial charge on any atom is -0.478 e. The summed E-state index contributed by atoms with van der Waals surface area (Å²) in [4.78, 5) is 38.3. The van der Waals surface area contributed by atoms with E-state index in [1.807, 2.05) is 91.0 Å². The molecule has 0 aliphatic carbocycles. The number of carboxylic acids is 2. The maximum Gasteiger partial charge on any atom is 0.336 e. The van der Waals surface area contributed by atoms with Crippen molar-refractivity contribution in [2.24, 2.45) is 5.73 Å². The fraction of sp³-hybridized carbons (Fsp3) is 0.100. The van der Waals surface area contributed by atoms with Crippen LogP contribution in [0.25, 0.3) is 0 Å². The summed E-state index contributed by atoms with van der Waals surface area (Å²) in [7, 11) is 0. The Morgan fingerprint density at radius 2 is 0.778 bits per heavy atom. The maximum absolute atomic E-state index is 12.9. The van der Waals surface area contributed by atoms with Crippen LogP contribution in [0.4, 0.5) is 0 Å². The Morgan fingerprint density at radius 3 is 1.03 bits per heavy atom. The van der Waals surface area contributed by atoms with E-state index in [1.165, 1.54) is 0 Å². The van der Waals surface area contributed by atoms with Gasteiger partial charge in [0.05, 0.1) is 11.1 Å². The molecule has 0 spiro atoms. The highest BCUT2D eigenvalue weighted by Crippen LogP contribution is 2.34. The highest BCUT2D eigenvalue weighted by molar-refractivity contribution is 6.07. The lowest BCUT2D eigenvalue weighted by Gasteiger charge is -2.23. The van der Waals surface area contributed by atoms with Crippen LogP contribution in [0.1, 0.15) is 64.5 Å². The van der Waals surface area contributed by atoms with Gasteiger partial charge in [-0.2, -0.15) is 0 Å². The van der Waals surface area contributed by atoms with Crippen molar-refractivity contribution in [1.82, 2.24) is 0 Å². The van der Waals surface area contributed by atoms with Crippen LogP contribution >= 0.6 is 0 Å². The van der Waals surface area contributed by atoms with E-state index in [9.17, 15) is 24.6 Å². The molecule has 0 fully saturated rings. The summed E-state index contributed by atoms with van der Waals surface area (Å²) >= 11 is 0. The standard InChI is InChI=1S/C30H25NO5/c31-28(32)25-22(16-19-10-4-1-5-11-19)26(29(33)34)24(18-21-14-8-3-9-15-21)27(30(35)36)23(25)17-20-12-6-2-7-13-20/h1-15H,16-18H2,(H2,31,32)(H,33,34)(H,35,36). The highest BCUT2D eigenvalue weighted by atomic mass is 16.4. The number of carbonyl (C=O) groups is 3. The van der Waals surface area contributed by atoms with Gasteiger partial charge in [0.1, 0.15) is 0 Å². The second-order valence-electron chi connectivity index (χ2n) is 8.52. The van der Waals surface area contributed by atoms with Gasteiger partial charge in [-0.25, -0.2) is 9.59 Å². The number of amides is 1. The summed E-state index contributed by atoms with van der Waals surface area (Å²) < 4.78 is 0. The molecular weight excluding hydrogens is 454 g/mol. The molecule has 6 heteroatoms. The zero-order valence-electron chi connectivity index (χ0n) is 19.5. The maximum atomic E-state index is 12.9. The first kappa shape index (κ1) is 24.4. The predicted molar refractivity (Wildman–Crippen MR) is 137 cm³/mol. The van der Waals surface area contributed by atoms with Gasteiger partial charge in [0.25, 0.3) is 0 Å². The molecule has 4 N–H and O–H groups in total. The summed E-state index contributed by atoms with van der Waals surface area (Å²) in [5, 5.41) is 20.7. The van der Waals surface area contributed by atoms with Crippen LogP contribution in [-0.4, -0.2) is 28.1 Å². The van der Waals surface area contributed by atoms with Gasteiger partial charge in [0, 0.05) is 5.56 Å². The number of primary amides is 1. The van der Waals surface area contributed by atoms with Crippen molar-refractivity contribution >= 4 is 17.8 Å². The van der Waals surface area contributed by atoms with Crippen LogP contribution in [0.2, 0.25) is 0 Å². The molecule has 0 saturated heterocycles. The average Bonchev–Trinajstić information content (AvgIpc) is 2.85. The van der Waals surface area contributed by atoms with Crippen LogP contribution in [0.15, 0.2) is 91.0 Å². The van der Waals surface area contributed by atoms with E-state index in [-0.39, 0.29) is 52.6 Å². The number of carboxylic acid groups (broad SMARTS) is 2. The topological polar surface area (TPSA) is 118 Å². The number of benzene rings is 4. The Balaban J connectivity index is 2.10. The number of hydrogen-bond acceptors (Lipinski definition) is 3. The third-order valence-corrected chi connectivity index (χ3v) is 6.16. The Labute approximate surface area is 208 Å². The summed E-state index contributed by atoms with van der Waals surface area (Å²) in [5.74, 6) is -3.46. The predicted octanol–water partition coefficient (Wildman–Crippen LogP) is 4.95. The van der Waals surface area contributed by atoms with Crippen LogP contribution in [-0.2, 0) is 19.3 Å². The molecule has 36 heavy (non-hydrogen) atoms. The zero-order valence-corrected chi connectivity index (χ0v) is 19.5. The number of carbonyl (C=O) groups excluding carboxylic acids is 1. The van der Waals surface area contributed by atoms with Crippen LogP contribution in [0.5, 0.6) is 0 Å². The van der Waals surface area contributed by atoms with Gasteiger partial charge in [0.2, 0.25) is 5.91 Å². The first-order valence-electron chi connectivity index (χ1n) is 11.5. The van der Waals surface area contributed by atoms with Gasteiger partial charge in [-0.1, -0.05) is 91.0 Å². The summed E-state index contributed by atoms with van der Waals surface area (Å²) in [6.45, 7) is 0. The summed E-state index contributed by atoms with van der Waals surface area (Å²) in [6.07, 6.45) is 0.307. The van der Waals surface area contributed by atoms with Crippen LogP contribution < -0.4 is 5.73 Å². The van der Waals surface area contributed by atoms with Crippen molar-refractivity contribution in [3.05, 3.63) is 141 Å². The second kappa shape index (κ2) is 10.7. The van der Waals surface area contributed by atoms with Crippen molar-refractivity contribution in [1.29, 1.82) is 0 Å². The van der Waals surface area contributed by atoms with Crippen molar-refractivity contribution in [3.63, 3.8) is 0 Å². The van der Waals surface area contributed by atoms with Crippen LogP contribution in [0.3, 0.4) is 0 Å². The average molecular weight is 480 g/mol. The molecule has 0 aliphatic rings. The molecule has 180 valence electrons. The van der Waals surface area contributed by atoms with Crippen molar-refractivity contribution in [2.45, 2.75) is 19.3 Å². The van der Waals surface area contributed by atoms with Crippen LogP contribution in [0, 0.1) is 0 Å². The van der Waals surface area contributed by atoms with Gasteiger partial charge in [-0.3, -0.25) is 4.79 Å². The molecule has 0 saturated carbocycles. The minimum absolute atomic E-state index is 0.0469. The summed E-state index contributed by atoms with van der Waals surface area (Å²) in [6, 6.07) is 27.3. The molecular formula is C30H25NO5. The number of hydrogen-bond donors (Lipinski definition) is 3. The molecule has 0 unspecified atom stereocenters. The van der Waals surface area contributed by atoms with E-state index >= 15 is 0 Å². The largest absolute Gasteiger partial charge is 0.478 e. The molecule has 0 bridgehead atoms. The zero-order chi connectivity index (χ0) is 25.7. The van der Waals surface area contributed by atoms with Crippen molar-refractivity contribution < 1.29 is 24.6 Å². The summed E-state index contributed by atoms with van der Waals surface area (Å²) in [5.41, 5.74) is 8.33. The molecule has 0 aliphatic heterocycles. The Morgan fingerprint density at radius 1 is 0.500 bits per heavy atom. The molecule has 0 heterocycles. The van der Waals surface area contributed by atoms with E-state index in [0.29, 0.717) is 0 Å². The Hall–Kier alpha value is -4.71. The third kappa shape index (κ3) is 5.18. The fourth-order valence-electron chi connectivity index (χ4n) is 4.67. The molecule has 4 aromatic carbocycles. The van der Waals surface area contributed by atoms with Gasteiger partial charge >= 0.3 is 11.9 Å². The number of nitrogens with two attached hydrogens (primary N) is 1. The monoisotopic (exact) mass is 479 g/mol. The molecule has 0 radical (unpaired) electrons.